The molecule has 0 bridgehead atoms. The molecule has 0 heterocycles. The van der Waals surface area contributed by atoms with E-state index in [1.807, 2.05) is 0 Å². The van der Waals surface area contributed by atoms with Crippen LogP contribution < -0.4 is 0 Å². The number of carbonyl (C=O) groups is 2. The molecule has 0 atom stereocenters. The molecule has 0 aliphatic heterocycles. The lowest BCUT2D eigenvalue weighted by Gasteiger charge is -2.02. The molecule has 0 rings (SSSR count). The Balaban J connectivity index is 0. The van der Waals surface area contributed by atoms with Gasteiger partial charge in [-0.05, 0) is 0 Å². The minimum atomic E-state index is -0.176. The van der Waals surface area contributed by atoms with E-state index in [1.165, 1.54) is 0 Å². The molecule has 98 valence electrons. The predicted molar refractivity (Wildman–Crippen MR) is 67.4 cm³/mol. The molecule has 0 amide bonds. The Hall–Kier alpha value is -1.58. The van der Waals surface area contributed by atoms with E-state index >= 15 is 0 Å². The molecular formula is C13H22O4. The largest absolute Gasteiger partial charge is 0.461 e. The molecule has 0 aromatic rings. The Morgan fingerprint density at radius 2 is 1.59 bits per heavy atom. The van der Waals surface area contributed by atoms with E-state index in [2.05, 4.69) is 17.9 Å². The molecule has 0 fully saturated rings. The highest BCUT2D eigenvalue weighted by molar-refractivity contribution is 5.71. The number of hydrogen-bond acceptors (Lipinski definition) is 4. The van der Waals surface area contributed by atoms with Gasteiger partial charge in [-0.3, -0.25) is 9.59 Å². The molecule has 0 spiro atoms. The van der Waals surface area contributed by atoms with Gasteiger partial charge >= 0.3 is 11.9 Å². The summed E-state index contributed by atoms with van der Waals surface area (Å²) in [5.74, 6) is -0.384. The van der Waals surface area contributed by atoms with Gasteiger partial charge in [0.05, 0.1) is 5.92 Å². The number of carbonyl (C=O) groups excluding carboxylic acids is 2. The zero-order valence-corrected chi connectivity index (χ0v) is 10.9. The molecule has 0 saturated heterocycles. The van der Waals surface area contributed by atoms with E-state index < -0.39 is 0 Å². The maximum Gasteiger partial charge on any atom is 0.308 e. The van der Waals surface area contributed by atoms with Crippen LogP contribution in [0, 0.1) is 5.92 Å². The van der Waals surface area contributed by atoms with Crippen molar-refractivity contribution in [2.75, 3.05) is 13.2 Å². The lowest BCUT2D eigenvalue weighted by atomic mass is 10.2. The summed E-state index contributed by atoms with van der Waals surface area (Å²) >= 11 is 0. The summed E-state index contributed by atoms with van der Waals surface area (Å²) < 4.78 is 9.28. The van der Waals surface area contributed by atoms with Gasteiger partial charge in [-0.1, -0.05) is 46.1 Å². The highest BCUT2D eigenvalue weighted by atomic mass is 16.5. The van der Waals surface area contributed by atoms with Crippen LogP contribution in [0.25, 0.3) is 0 Å². The van der Waals surface area contributed by atoms with Crippen molar-refractivity contribution >= 4 is 11.9 Å². The third kappa shape index (κ3) is 14.4. The fraction of sp³-hybridized carbons (Fsp3) is 0.538. The number of ether oxygens (including phenoxy) is 2. The monoisotopic (exact) mass is 242 g/mol. The Morgan fingerprint density at radius 3 is 1.94 bits per heavy atom. The summed E-state index contributed by atoms with van der Waals surface area (Å²) in [5, 5.41) is 0. The van der Waals surface area contributed by atoms with Gasteiger partial charge in [0.15, 0.2) is 0 Å². The topological polar surface area (TPSA) is 52.6 Å². The minimum absolute atomic E-state index is 0.0371. The third-order valence-electron chi connectivity index (χ3n) is 1.47. The van der Waals surface area contributed by atoms with Crippen LogP contribution >= 0.6 is 0 Å². The van der Waals surface area contributed by atoms with Crippen molar-refractivity contribution in [1.29, 1.82) is 0 Å². The molecule has 0 aromatic heterocycles. The summed E-state index contributed by atoms with van der Waals surface area (Å²) in [6.45, 7) is 12.8. The second-order valence-electron chi connectivity index (χ2n) is 3.40. The molecule has 0 radical (unpaired) electrons. The Kier molecular flexibility index (Phi) is 13.1. The lowest BCUT2D eigenvalue weighted by Crippen LogP contribution is -2.11. The summed E-state index contributed by atoms with van der Waals surface area (Å²) in [6, 6.07) is 0. The highest BCUT2D eigenvalue weighted by Crippen LogP contribution is 1.94. The van der Waals surface area contributed by atoms with Gasteiger partial charge in [0.1, 0.15) is 13.2 Å². The predicted octanol–water partition coefficient (Wildman–Crippen LogP) is 2.50. The summed E-state index contributed by atoms with van der Waals surface area (Å²) in [6.07, 6.45) is 3.54. The van der Waals surface area contributed by atoms with Crippen LogP contribution in [0.15, 0.2) is 25.3 Å². The fourth-order valence-corrected chi connectivity index (χ4v) is 0.562. The first-order valence-corrected chi connectivity index (χ1v) is 5.53. The second-order valence-corrected chi connectivity index (χ2v) is 3.40. The number of hydrogen-bond donors (Lipinski definition) is 0. The van der Waals surface area contributed by atoms with Crippen LogP contribution in [-0.2, 0) is 19.1 Å². The molecular weight excluding hydrogens is 220 g/mol. The lowest BCUT2D eigenvalue weighted by molar-refractivity contribution is -0.146. The molecule has 17 heavy (non-hydrogen) atoms. The Morgan fingerprint density at radius 1 is 1.12 bits per heavy atom. The van der Waals surface area contributed by atoms with E-state index in [0.717, 1.165) is 0 Å². The van der Waals surface area contributed by atoms with Gasteiger partial charge in [0.25, 0.3) is 0 Å². The Bertz CT molecular complexity index is 244. The molecule has 4 nitrogen and oxygen atoms in total. The van der Waals surface area contributed by atoms with Crippen molar-refractivity contribution < 1.29 is 19.1 Å². The zero-order valence-electron chi connectivity index (χ0n) is 10.9. The van der Waals surface area contributed by atoms with E-state index in [9.17, 15) is 9.59 Å². The van der Waals surface area contributed by atoms with E-state index in [4.69, 9.17) is 4.74 Å². The SMILES string of the molecule is C=CCOC(=O)C(C)C.C=CCOC(=O)CC. The smallest absolute Gasteiger partial charge is 0.308 e. The average Bonchev–Trinajstić information content (AvgIpc) is 2.33. The van der Waals surface area contributed by atoms with Crippen LogP contribution in [0.4, 0.5) is 0 Å². The van der Waals surface area contributed by atoms with Crippen molar-refractivity contribution in [3.05, 3.63) is 25.3 Å². The summed E-state index contributed by atoms with van der Waals surface area (Å²) in [4.78, 5) is 20.9. The highest BCUT2D eigenvalue weighted by Gasteiger charge is 2.05. The van der Waals surface area contributed by atoms with Crippen LogP contribution in [0.5, 0.6) is 0 Å². The Labute approximate surface area is 103 Å². The molecule has 0 unspecified atom stereocenters. The first kappa shape index (κ1) is 17.8. The van der Waals surface area contributed by atoms with Crippen molar-refractivity contribution in [3.8, 4) is 0 Å². The second kappa shape index (κ2) is 12.5. The van der Waals surface area contributed by atoms with Crippen LogP contribution in [-0.4, -0.2) is 25.2 Å². The quantitative estimate of drug-likeness (QED) is 0.530. The van der Waals surface area contributed by atoms with Gasteiger partial charge in [0, 0.05) is 6.42 Å². The summed E-state index contributed by atoms with van der Waals surface area (Å²) in [7, 11) is 0. The average molecular weight is 242 g/mol. The van der Waals surface area contributed by atoms with Crippen LogP contribution in [0.1, 0.15) is 27.2 Å². The fourth-order valence-electron chi connectivity index (χ4n) is 0.562. The first-order valence-electron chi connectivity index (χ1n) is 5.53. The molecule has 0 aromatic carbocycles. The standard InChI is InChI=1S/C7H12O2.C6H10O2/c1-4-5-9-7(8)6(2)3;1-3-5-8-6(7)4-2/h4,6H,1,5H2,2-3H3;3H,1,4-5H2,2H3. The van der Waals surface area contributed by atoms with E-state index in [0.29, 0.717) is 19.6 Å². The van der Waals surface area contributed by atoms with E-state index in [-0.39, 0.29) is 17.9 Å². The van der Waals surface area contributed by atoms with Crippen molar-refractivity contribution in [2.45, 2.75) is 27.2 Å². The maximum absolute atomic E-state index is 10.6. The van der Waals surface area contributed by atoms with E-state index in [1.54, 1.807) is 32.9 Å². The van der Waals surface area contributed by atoms with Gasteiger partial charge in [-0.15, -0.1) is 0 Å². The van der Waals surface area contributed by atoms with Crippen molar-refractivity contribution in [2.24, 2.45) is 5.92 Å². The third-order valence-corrected chi connectivity index (χ3v) is 1.47. The van der Waals surface area contributed by atoms with Crippen LogP contribution in [0.2, 0.25) is 0 Å². The van der Waals surface area contributed by atoms with Gasteiger partial charge in [0.2, 0.25) is 0 Å². The zero-order chi connectivity index (χ0) is 13.7. The first-order chi connectivity index (χ1) is 7.99. The number of rotatable bonds is 6. The molecule has 4 heteroatoms. The molecule has 0 N–H and O–H groups in total. The van der Waals surface area contributed by atoms with Gasteiger partial charge < -0.3 is 9.47 Å². The van der Waals surface area contributed by atoms with Crippen molar-refractivity contribution in [3.63, 3.8) is 0 Å². The normalized spacial score (nSPS) is 8.71. The molecule has 0 aliphatic carbocycles. The van der Waals surface area contributed by atoms with Gasteiger partial charge in [-0.2, -0.15) is 0 Å². The van der Waals surface area contributed by atoms with Gasteiger partial charge in [-0.25, -0.2) is 0 Å². The maximum atomic E-state index is 10.6. The van der Waals surface area contributed by atoms with Crippen molar-refractivity contribution in [1.82, 2.24) is 0 Å². The number of esters is 2. The molecule has 0 saturated carbocycles. The van der Waals surface area contributed by atoms with Crippen LogP contribution in [0.3, 0.4) is 0 Å². The summed E-state index contributed by atoms with van der Waals surface area (Å²) in [5.41, 5.74) is 0. The molecule has 0 aliphatic rings. The minimum Gasteiger partial charge on any atom is -0.461 e.